The Bertz CT molecular complexity index is 410. The first-order chi connectivity index (χ1) is 9.59. The minimum atomic E-state index is -0.946. The van der Waals surface area contributed by atoms with Crippen LogP contribution in [0.3, 0.4) is 0 Å². The molecule has 0 radical (unpaired) electrons. The predicted octanol–water partition coefficient (Wildman–Crippen LogP) is 2.09. The molecule has 0 aromatic rings. The maximum Gasteiger partial charge on any atom is 0.324 e. The fourth-order valence-corrected chi connectivity index (χ4v) is 2.98. The van der Waals surface area contributed by atoms with Crippen LogP contribution in [0.15, 0.2) is 0 Å². The van der Waals surface area contributed by atoms with Crippen molar-refractivity contribution in [3.63, 3.8) is 0 Å². The van der Waals surface area contributed by atoms with Crippen molar-refractivity contribution in [2.45, 2.75) is 47.0 Å². The molecule has 0 spiro atoms. The highest BCUT2D eigenvalue weighted by Crippen LogP contribution is 2.25. The molecule has 1 fully saturated rings. The molecule has 0 bridgehead atoms. The summed E-state index contributed by atoms with van der Waals surface area (Å²) in [6.07, 6.45) is 1.000. The van der Waals surface area contributed by atoms with E-state index >= 15 is 0 Å². The summed E-state index contributed by atoms with van der Waals surface area (Å²) in [6.45, 7) is 8.90. The number of nitrogens with one attached hydrogen (secondary N) is 1. The molecule has 0 aromatic carbocycles. The van der Waals surface area contributed by atoms with Gasteiger partial charge in [-0.25, -0.2) is 4.79 Å². The average Bonchev–Trinajstić information content (AvgIpc) is 2.23. The summed E-state index contributed by atoms with van der Waals surface area (Å²) in [6, 6.07) is -0.371. The van der Waals surface area contributed by atoms with Crippen LogP contribution in [-0.2, 0) is 9.59 Å². The monoisotopic (exact) mass is 298 g/mol. The Morgan fingerprint density at radius 1 is 1.14 bits per heavy atom. The van der Waals surface area contributed by atoms with Crippen LogP contribution in [0.2, 0.25) is 0 Å². The molecule has 1 heterocycles. The van der Waals surface area contributed by atoms with E-state index in [-0.39, 0.29) is 18.9 Å². The summed E-state index contributed by atoms with van der Waals surface area (Å²) in [5, 5.41) is 11.2. The lowest BCUT2D eigenvalue weighted by Gasteiger charge is -2.34. The van der Waals surface area contributed by atoms with E-state index in [4.69, 9.17) is 5.11 Å². The Hall–Kier alpha value is -1.59. The topological polar surface area (TPSA) is 86.7 Å². The number of imide groups is 1. The molecule has 2 unspecified atom stereocenters. The van der Waals surface area contributed by atoms with Gasteiger partial charge >= 0.3 is 12.0 Å². The number of aliphatic carboxylic acids is 1. The van der Waals surface area contributed by atoms with Crippen molar-refractivity contribution in [1.82, 2.24) is 10.2 Å². The zero-order chi connectivity index (χ0) is 16.2. The van der Waals surface area contributed by atoms with E-state index in [1.165, 1.54) is 0 Å². The first kappa shape index (κ1) is 17.5. The molecule has 2 atom stereocenters. The normalized spacial score (nSPS) is 22.8. The molecule has 0 aliphatic carbocycles. The van der Waals surface area contributed by atoms with Gasteiger partial charge in [0.1, 0.15) is 0 Å². The number of carboxylic acid groups (broad SMARTS) is 1. The molecule has 1 aliphatic rings. The SMILES string of the molecule is CC1CC(C)CN(C(=O)NC(=O)CC(C)(C)CC(=O)O)C1. The van der Waals surface area contributed by atoms with E-state index in [0.29, 0.717) is 24.9 Å². The van der Waals surface area contributed by atoms with E-state index in [1.807, 2.05) is 0 Å². The summed E-state index contributed by atoms with van der Waals surface area (Å²) in [4.78, 5) is 36.4. The van der Waals surface area contributed by atoms with Crippen LogP contribution < -0.4 is 5.32 Å². The summed E-state index contributed by atoms with van der Waals surface area (Å²) in [5.74, 6) is -0.508. The molecule has 0 saturated carbocycles. The van der Waals surface area contributed by atoms with Gasteiger partial charge in [-0.15, -0.1) is 0 Å². The highest BCUT2D eigenvalue weighted by molar-refractivity contribution is 5.94. The molecule has 6 heteroatoms. The van der Waals surface area contributed by atoms with Crippen molar-refractivity contribution in [3.8, 4) is 0 Å². The standard InChI is InChI=1S/C15H26N2O4/c1-10-5-11(2)9-17(8-10)14(21)16-12(18)6-15(3,4)7-13(19)20/h10-11H,5-9H2,1-4H3,(H,19,20)(H,16,18,21). The van der Waals surface area contributed by atoms with Crippen molar-refractivity contribution < 1.29 is 19.5 Å². The largest absolute Gasteiger partial charge is 0.481 e. The van der Waals surface area contributed by atoms with E-state index in [2.05, 4.69) is 19.2 Å². The number of likely N-dealkylation sites (tertiary alicyclic amines) is 1. The summed E-state index contributed by atoms with van der Waals surface area (Å²) in [5.41, 5.74) is -0.668. The van der Waals surface area contributed by atoms with Gasteiger partial charge in [0.25, 0.3) is 0 Å². The van der Waals surface area contributed by atoms with Crippen LogP contribution in [0.5, 0.6) is 0 Å². The van der Waals surface area contributed by atoms with Crippen LogP contribution in [0.4, 0.5) is 4.79 Å². The maximum absolute atomic E-state index is 12.1. The van der Waals surface area contributed by atoms with Crippen molar-refractivity contribution >= 4 is 17.9 Å². The molecular weight excluding hydrogens is 272 g/mol. The fourth-order valence-electron chi connectivity index (χ4n) is 2.98. The predicted molar refractivity (Wildman–Crippen MR) is 78.7 cm³/mol. The molecule has 3 amide bonds. The first-order valence-electron chi connectivity index (χ1n) is 7.39. The smallest absolute Gasteiger partial charge is 0.324 e. The van der Waals surface area contributed by atoms with Crippen LogP contribution in [0, 0.1) is 17.3 Å². The summed E-state index contributed by atoms with van der Waals surface area (Å²) >= 11 is 0. The van der Waals surface area contributed by atoms with E-state index in [1.54, 1.807) is 18.7 Å². The van der Waals surface area contributed by atoms with Gasteiger partial charge in [-0.05, 0) is 23.7 Å². The second kappa shape index (κ2) is 6.91. The number of piperidine rings is 1. The number of urea groups is 1. The number of carbonyl (C=O) groups is 3. The first-order valence-corrected chi connectivity index (χ1v) is 7.39. The summed E-state index contributed by atoms with van der Waals surface area (Å²) < 4.78 is 0. The van der Waals surface area contributed by atoms with Gasteiger partial charge in [0.15, 0.2) is 0 Å². The highest BCUT2D eigenvalue weighted by Gasteiger charge is 2.29. The number of rotatable bonds is 4. The van der Waals surface area contributed by atoms with Gasteiger partial charge in [-0.1, -0.05) is 27.7 Å². The average molecular weight is 298 g/mol. The minimum absolute atomic E-state index is 0.0178. The summed E-state index contributed by atoms with van der Waals surface area (Å²) in [7, 11) is 0. The second-order valence-corrected chi connectivity index (χ2v) is 7.12. The molecule has 120 valence electrons. The van der Waals surface area contributed by atoms with Gasteiger partial charge in [-0.2, -0.15) is 0 Å². The van der Waals surface area contributed by atoms with Crippen LogP contribution in [-0.4, -0.2) is 41.0 Å². The zero-order valence-electron chi connectivity index (χ0n) is 13.3. The van der Waals surface area contributed by atoms with E-state index < -0.39 is 17.3 Å². The zero-order valence-corrected chi connectivity index (χ0v) is 13.3. The molecule has 1 rings (SSSR count). The number of hydrogen-bond donors (Lipinski definition) is 2. The van der Waals surface area contributed by atoms with Gasteiger partial charge < -0.3 is 10.0 Å². The Kier molecular flexibility index (Phi) is 5.75. The lowest BCUT2D eigenvalue weighted by atomic mass is 9.85. The molecule has 2 N–H and O–H groups in total. The Balaban J connectivity index is 2.50. The van der Waals surface area contributed by atoms with Crippen molar-refractivity contribution in [3.05, 3.63) is 0 Å². The van der Waals surface area contributed by atoms with Crippen molar-refractivity contribution in [2.75, 3.05) is 13.1 Å². The number of carbonyl (C=O) groups excluding carboxylic acids is 2. The second-order valence-electron chi connectivity index (χ2n) is 7.12. The number of hydrogen-bond acceptors (Lipinski definition) is 3. The highest BCUT2D eigenvalue weighted by atomic mass is 16.4. The third kappa shape index (κ3) is 6.14. The quantitative estimate of drug-likeness (QED) is 0.832. The van der Waals surface area contributed by atoms with Crippen molar-refractivity contribution in [2.24, 2.45) is 17.3 Å². The van der Waals surface area contributed by atoms with Crippen LogP contribution in [0.1, 0.15) is 47.0 Å². The Labute approximate surface area is 125 Å². The number of amides is 3. The third-order valence-electron chi connectivity index (χ3n) is 3.67. The molecule has 6 nitrogen and oxygen atoms in total. The van der Waals surface area contributed by atoms with Crippen LogP contribution in [0.25, 0.3) is 0 Å². The Morgan fingerprint density at radius 3 is 2.14 bits per heavy atom. The fraction of sp³-hybridized carbons (Fsp3) is 0.800. The van der Waals surface area contributed by atoms with Gasteiger partial charge in [0.05, 0.1) is 6.42 Å². The number of nitrogens with zero attached hydrogens (tertiary/aromatic N) is 1. The van der Waals surface area contributed by atoms with Gasteiger partial charge in [0, 0.05) is 19.5 Å². The third-order valence-corrected chi connectivity index (χ3v) is 3.67. The molecule has 0 aromatic heterocycles. The minimum Gasteiger partial charge on any atom is -0.481 e. The number of carboxylic acids is 1. The lowest BCUT2D eigenvalue weighted by Crippen LogP contribution is -2.49. The molecule has 21 heavy (non-hydrogen) atoms. The van der Waals surface area contributed by atoms with Crippen LogP contribution >= 0.6 is 0 Å². The Morgan fingerprint density at radius 2 is 1.67 bits per heavy atom. The van der Waals surface area contributed by atoms with E-state index in [0.717, 1.165) is 6.42 Å². The maximum atomic E-state index is 12.1. The molecule has 1 aliphatic heterocycles. The van der Waals surface area contributed by atoms with Gasteiger partial charge in [0.2, 0.25) is 5.91 Å². The van der Waals surface area contributed by atoms with E-state index in [9.17, 15) is 14.4 Å². The van der Waals surface area contributed by atoms with Gasteiger partial charge in [-0.3, -0.25) is 14.9 Å². The van der Waals surface area contributed by atoms with Crippen molar-refractivity contribution in [1.29, 1.82) is 0 Å². The lowest BCUT2D eigenvalue weighted by molar-refractivity contribution is -0.139. The molecule has 1 saturated heterocycles. The molecular formula is C15H26N2O4.